The Labute approximate surface area is 116 Å². The first-order valence-electron chi connectivity index (χ1n) is 7.40. The van der Waals surface area contributed by atoms with Crippen LogP contribution in [0.1, 0.15) is 56.5 Å². The summed E-state index contributed by atoms with van der Waals surface area (Å²) in [5.41, 5.74) is 1.55. The molecule has 1 aromatic heterocycles. The standard InChI is InChI=1S/C16H27NS/c1-5-13-8-9-18-16(13)15(17-4)14-7-6-11(2)12(3)10-14/h8-9,11-12,14-15,17H,5-7,10H2,1-4H3. The van der Waals surface area contributed by atoms with E-state index in [0.717, 1.165) is 24.2 Å². The van der Waals surface area contributed by atoms with Crippen LogP contribution in [0.4, 0.5) is 0 Å². The highest BCUT2D eigenvalue weighted by Crippen LogP contribution is 2.41. The van der Waals surface area contributed by atoms with Gasteiger partial charge in [0.25, 0.3) is 0 Å². The van der Waals surface area contributed by atoms with E-state index in [1.807, 2.05) is 11.3 Å². The van der Waals surface area contributed by atoms with Gasteiger partial charge < -0.3 is 5.32 Å². The number of aryl methyl sites for hydroxylation is 1. The molecule has 1 heterocycles. The Morgan fingerprint density at radius 1 is 1.33 bits per heavy atom. The van der Waals surface area contributed by atoms with Crippen molar-refractivity contribution in [1.82, 2.24) is 5.32 Å². The first-order valence-corrected chi connectivity index (χ1v) is 8.28. The molecule has 0 spiro atoms. The Bertz CT molecular complexity index is 371. The molecule has 0 bridgehead atoms. The van der Waals surface area contributed by atoms with Gasteiger partial charge >= 0.3 is 0 Å². The van der Waals surface area contributed by atoms with Crippen molar-refractivity contribution in [3.05, 3.63) is 21.9 Å². The average Bonchev–Trinajstić information content (AvgIpc) is 2.83. The van der Waals surface area contributed by atoms with Gasteiger partial charge in [0.05, 0.1) is 0 Å². The van der Waals surface area contributed by atoms with Crippen molar-refractivity contribution in [3.8, 4) is 0 Å². The minimum Gasteiger partial charge on any atom is -0.312 e. The molecule has 2 rings (SSSR count). The predicted octanol–water partition coefficient (Wildman–Crippen LogP) is 4.64. The minimum absolute atomic E-state index is 0.579. The first kappa shape index (κ1) is 14.1. The summed E-state index contributed by atoms with van der Waals surface area (Å²) in [5.74, 6) is 2.61. The molecule has 1 aromatic rings. The summed E-state index contributed by atoms with van der Waals surface area (Å²) in [6, 6.07) is 2.88. The van der Waals surface area contributed by atoms with E-state index in [-0.39, 0.29) is 0 Å². The Balaban J connectivity index is 2.14. The van der Waals surface area contributed by atoms with E-state index in [2.05, 4.69) is 44.6 Å². The molecule has 4 atom stereocenters. The number of hydrogen-bond acceptors (Lipinski definition) is 2. The molecule has 18 heavy (non-hydrogen) atoms. The summed E-state index contributed by atoms with van der Waals surface area (Å²) in [6.07, 6.45) is 5.33. The normalized spacial score (nSPS) is 30.3. The molecule has 1 aliphatic rings. The molecule has 0 aliphatic heterocycles. The smallest absolute Gasteiger partial charge is 0.0443 e. The van der Waals surface area contributed by atoms with Crippen molar-refractivity contribution < 1.29 is 0 Å². The van der Waals surface area contributed by atoms with Crippen LogP contribution in [0.3, 0.4) is 0 Å². The summed E-state index contributed by atoms with van der Waals surface area (Å²) >= 11 is 1.94. The van der Waals surface area contributed by atoms with Gasteiger partial charge in [0.2, 0.25) is 0 Å². The van der Waals surface area contributed by atoms with Crippen LogP contribution in [-0.4, -0.2) is 7.05 Å². The number of rotatable bonds is 4. The van der Waals surface area contributed by atoms with Crippen molar-refractivity contribution in [1.29, 1.82) is 0 Å². The molecular formula is C16H27NS. The number of thiophene rings is 1. The molecule has 102 valence electrons. The quantitative estimate of drug-likeness (QED) is 0.836. The fraction of sp³-hybridized carbons (Fsp3) is 0.750. The number of nitrogens with one attached hydrogen (secondary N) is 1. The van der Waals surface area contributed by atoms with Crippen molar-refractivity contribution in [3.63, 3.8) is 0 Å². The Morgan fingerprint density at radius 2 is 2.11 bits per heavy atom. The van der Waals surface area contributed by atoms with Gasteiger partial charge in [-0.15, -0.1) is 11.3 Å². The zero-order chi connectivity index (χ0) is 13.1. The van der Waals surface area contributed by atoms with Crippen LogP contribution in [0.5, 0.6) is 0 Å². The summed E-state index contributed by atoms with van der Waals surface area (Å²) in [5, 5.41) is 5.85. The summed E-state index contributed by atoms with van der Waals surface area (Å²) < 4.78 is 0. The van der Waals surface area contributed by atoms with Crippen LogP contribution in [0.15, 0.2) is 11.4 Å². The van der Waals surface area contributed by atoms with Gasteiger partial charge in [-0.1, -0.05) is 27.2 Å². The first-order chi connectivity index (χ1) is 8.67. The molecule has 0 aromatic carbocycles. The Hall–Kier alpha value is -0.340. The monoisotopic (exact) mass is 265 g/mol. The second-order valence-electron chi connectivity index (χ2n) is 5.96. The zero-order valence-electron chi connectivity index (χ0n) is 12.2. The van der Waals surface area contributed by atoms with E-state index in [0.29, 0.717) is 6.04 Å². The third-order valence-electron chi connectivity index (χ3n) is 4.87. The molecule has 2 heteroatoms. The van der Waals surface area contributed by atoms with E-state index in [4.69, 9.17) is 0 Å². The van der Waals surface area contributed by atoms with Crippen LogP contribution >= 0.6 is 11.3 Å². The lowest BCUT2D eigenvalue weighted by molar-refractivity contribution is 0.175. The minimum atomic E-state index is 0.579. The van der Waals surface area contributed by atoms with E-state index in [9.17, 15) is 0 Å². The molecular weight excluding hydrogens is 238 g/mol. The molecule has 1 fully saturated rings. The predicted molar refractivity (Wildman–Crippen MR) is 81.2 cm³/mol. The SMILES string of the molecule is CCc1ccsc1C(NC)C1CCC(C)C(C)C1. The maximum absolute atomic E-state index is 3.59. The van der Waals surface area contributed by atoms with Crippen LogP contribution in [0.25, 0.3) is 0 Å². The van der Waals surface area contributed by atoms with E-state index < -0.39 is 0 Å². The number of hydrogen-bond donors (Lipinski definition) is 1. The summed E-state index contributed by atoms with van der Waals surface area (Å²) in [6.45, 7) is 7.11. The van der Waals surface area contributed by atoms with Crippen LogP contribution in [0.2, 0.25) is 0 Å². The second-order valence-corrected chi connectivity index (χ2v) is 6.91. The average molecular weight is 265 g/mol. The van der Waals surface area contributed by atoms with Crippen LogP contribution in [0, 0.1) is 17.8 Å². The Kier molecular flexibility index (Phi) is 4.85. The van der Waals surface area contributed by atoms with Gasteiger partial charge in [-0.2, -0.15) is 0 Å². The second kappa shape index (κ2) is 6.21. The molecule has 1 nitrogen and oxygen atoms in total. The van der Waals surface area contributed by atoms with Crippen LogP contribution in [-0.2, 0) is 6.42 Å². The topological polar surface area (TPSA) is 12.0 Å². The van der Waals surface area contributed by atoms with Gasteiger partial charge in [-0.05, 0) is 61.1 Å². The largest absolute Gasteiger partial charge is 0.312 e. The molecule has 4 unspecified atom stereocenters. The van der Waals surface area contributed by atoms with Gasteiger partial charge in [0.1, 0.15) is 0 Å². The van der Waals surface area contributed by atoms with Gasteiger partial charge in [-0.25, -0.2) is 0 Å². The molecule has 1 aliphatic carbocycles. The maximum Gasteiger partial charge on any atom is 0.0443 e. The van der Waals surface area contributed by atoms with Gasteiger partial charge in [-0.3, -0.25) is 0 Å². The van der Waals surface area contributed by atoms with E-state index in [1.54, 1.807) is 10.4 Å². The highest BCUT2D eigenvalue weighted by molar-refractivity contribution is 7.10. The van der Waals surface area contributed by atoms with Gasteiger partial charge in [0, 0.05) is 10.9 Å². The molecule has 1 saturated carbocycles. The highest BCUT2D eigenvalue weighted by atomic mass is 32.1. The van der Waals surface area contributed by atoms with Crippen molar-refractivity contribution in [2.45, 2.75) is 52.5 Å². The van der Waals surface area contributed by atoms with E-state index >= 15 is 0 Å². The molecule has 0 saturated heterocycles. The summed E-state index contributed by atoms with van der Waals surface area (Å²) in [7, 11) is 2.13. The zero-order valence-corrected chi connectivity index (χ0v) is 13.0. The van der Waals surface area contributed by atoms with Crippen LogP contribution < -0.4 is 5.32 Å². The van der Waals surface area contributed by atoms with Gasteiger partial charge in [0.15, 0.2) is 0 Å². The maximum atomic E-state index is 3.59. The highest BCUT2D eigenvalue weighted by Gasteiger charge is 2.31. The van der Waals surface area contributed by atoms with Crippen molar-refractivity contribution in [2.75, 3.05) is 7.05 Å². The van der Waals surface area contributed by atoms with Crippen molar-refractivity contribution in [2.24, 2.45) is 17.8 Å². The Morgan fingerprint density at radius 3 is 2.72 bits per heavy atom. The molecule has 1 N–H and O–H groups in total. The molecule has 0 amide bonds. The fourth-order valence-corrected chi connectivity index (χ4v) is 4.58. The molecule has 0 radical (unpaired) electrons. The third-order valence-corrected chi connectivity index (χ3v) is 5.91. The summed E-state index contributed by atoms with van der Waals surface area (Å²) in [4.78, 5) is 1.59. The lowest BCUT2D eigenvalue weighted by Gasteiger charge is -2.36. The fourth-order valence-electron chi connectivity index (χ4n) is 3.39. The van der Waals surface area contributed by atoms with Crippen molar-refractivity contribution >= 4 is 11.3 Å². The third kappa shape index (κ3) is 2.80. The lowest BCUT2D eigenvalue weighted by atomic mass is 9.72. The van der Waals surface area contributed by atoms with E-state index in [1.165, 1.54) is 19.3 Å². The lowest BCUT2D eigenvalue weighted by Crippen LogP contribution is -2.31.